The normalized spacial score (nSPS) is 11.8. The quantitative estimate of drug-likeness (QED) is 0.731. The van der Waals surface area contributed by atoms with Crippen LogP contribution < -0.4 is 5.32 Å². The lowest BCUT2D eigenvalue weighted by molar-refractivity contribution is 0.102. The molecule has 0 aliphatic heterocycles. The van der Waals surface area contributed by atoms with Crippen LogP contribution in [0, 0.1) is 0 Å². The number of aromatic nitrogens is 1. The number of hydrogen-bond donors (Lipinski definition) is 2. The Labute approximate surface area is 150 Å². The van der Waals surface area contributed by atoms with E-state index in [9.17, 15) is 13.2 Å². The molecule has 0 atom stereocenters. The molecule has 0 aliphatic carbocycles. The fraction of sp³-hybridized carbons (Fsp3) is 0.118. The van der Waals surface area contributed by atoms with Gasteiger partial charge in [0.15, 0.2) is 0 Å². The molecular formula is C17H16ClN3O3S. The van der Waals surface area contributed by atoms with Crippen molar-refractivity contribution >= 4 is 44.1 Å². The van der Waals surface area contributed by atoms with Crippen molar-refractivity contribution in [2.24, 2.45) is 0 Å². The second-order valence-electron chi connectivity index (χ2n) is 5.65. The molecule has 0 spiro atoms. The van der Waals surface area contributed by atoms with Crippen molar-refractivity contribution in [2.45, 2.75) is 4.90 Å². The van der Waals surface area contributed by atoms with E-state index in [2.05, 4.69) is 10.3 Å². The van der Waals surface area contributed by atoms with Gasteiger partial charge in [0.05, 0.1) is 15.4 Å². The number of nitrogens with one attached hydrogen (secondary N) is 2. The molecule has 8 heteroatoms. The van der Waals surface area contributed by atoms with Crippen LogP contribution in [0.5, 0.6) is 0 Å². The molecule has 3 aromatic rings. The minimum atomic E-state index is -3.50. The highest BCUT2D eigenvalue weighted by Gasteiger charge is 2.17. The summed E-state index contributed by atoms with van der Waals surface area (Å²) in [4.78, 5) is 15.5. The Morgan fingerprint density at radius 1 is 1.12 bits per heavy atom. The number of H-pyrrole nitrogens is 1. The summed E-state index contributed by atoms with van der Waals surface area (Å²) in [5.41, 5.74) is 1.56. The van der Waals surface area contributed by atoms with E-state index in [1.807, 2.05) is 12.1 Å². The van der Waals surface area contributed by atoms with Gasteiger partial charge in [-0.1, -0.05) is 23.7 Å². The molecule has 0 aliphatic rings. The van der Waals surface area contributed by atoms with Gasteiger partial charge in [-0.25, -0.2) is 12.7 Å². The molecular weight excluding hydrogens is 362 g/mol. The topological polar surface area (TPSA) is 82.3 Å². The monoisotopic (exact) mass is 377 g/mol. The second-order valence-corrected chi connectivity index (χ2v) is 8.21. The zero-order chi connectivity index (χ0) is 18.2. The number of halogens is 1. The fourth-order valence-electron chi connectivity index (χ4n) is 2.36. The third kappa shape index (κ3) is 3.39. The Morgan fingerprint density at radius 2 is 1.80 bits per heavy atom. The molecule has 25 heavy (non-hydrogen) atoms. The van der Waals surface area contributed by atoms with Gasteiger partial charge in [0.2, 0.25) is 10.0 Å². The van der Waals surface area contributed by atoms with Crippen molar-refractivity contribution in [1.82, 2.24) is 9.29 Å². The maximum absolute atomic E-state index is 12.4. The van der Waals surface area contributed by atoms with Crippen LogP contribution >= 0.6 is 11.6 Å². The average molecular weight is 378 g/mol. The highest BCUT2D eigenvalue weighted by molar-refractivity contribution is 7.89. The van der Waals surface area contributed by atoms with E-state index in [0.717, 1.165) is 9.69 Å². The van der Waals surface area contributed by atoms with Gasteiger partial charge in [0.1, 0.15) is 5.69 Å². The molecule has 1 heterocycles. The van der Waals surface area contributed by atoms with Crippen LogP contribution in [-0.2, 0) is 10.0 Å². The van der Waals surface area contributed by atoms with Crippen LogP contribution in [0.2, 0.25) is 5.02 Å². The largest absolute Gasteiger partial charge is 0.349 e. The van der Waals surface area contributed by atoms with Gasteiger partial charge >= 0.3 is 0 Å². The molecule has 3 rings (SSSR count). The summed E-state index contributed by atoms with van der Waals surface area (Å²) in [5.74, 6) is -0.338. The van der Waals surface area contributed by atoms with Gasteiger partial charge in [-0.15, -0.1) is 0 Å². The number of rotatable bonds is 4. The highest BCUT2D eigenvalue weighted by atomic mass is 35.5. The summed E-state index contributed by atoms with van der Waals surface area (Å²) in [7, 11) is -0.568. The van der Waals surface area contributed by atoms with Crippen molar-refractivity contribution < 1.29 is 13.2 Å². The molecule has 0 saturated heterocycles. The van der Waals surface area contributed by atoms with Gasteiger partial charge in [-0.2, -0.15) is 0 Å². The molecule has 2 N–H and O–H groups in total. The minimum absolute atomic E-state index is 0.160. The minimum Gasteiger partial charge on any atom is -0.349 e. The number of anilines is 1. The summed E-state index contributed by atoms with van der Waals surface area (Å²) in [6.45, 7) is 0. The van der Waals surface area contributed by atoms with Gasteiger partial charge in [-0.3, -0.25) is 4.79 Å². The Morgan fingerprint density at radius 3 is 2.40 bits per heavy atom. The number of fused-ring (bicyclic) bond motifs is 1. The van der Waals surface area contributed by atoms with Gasteiger partial charge in [0, 0.05) is 25.2 Å². The number of benzene rings is 2. The van der Waals surface area contributed by atoms with Gasteiger partial charge < -0.3 is 10.3 Å². The first-order chi connectivity index (χ1) is 11.8. The fourth-order valence-corrected chi connectivity index (χ4v) is 3.49. The first kappa shape index (κ1) is 17.5. The molecule has 130 valence electrons. The number of amides is 1. The lowest BCUT2D eigenvalue weighted by atomic mass is 10.2. The van der Waals surface area contributed by atoms with E-state index >= 15 is 0 Å². The second kappa shape index (κ2) is 6.51. The molecule has 6 nitrogen and oxygen atoms in total. The lowest BCUT2D eigenvalue weighted by Crippen LogP contribution is -2.22. The number of sulfonamides is 1. The predicted molar refractivity (Wildman–Crippen MR) is 98.6 cm³/mol. The number of carbonyl (C=O) groups excluding carboxylic acids is 1. The third-order valence-electron chi connectivity index (χ3n) is 3.74. The zero-order valence-corrected chi connectivity index (χ0v) is 15.1. The molecule has 0 saturated carbocycles. The maximum atomic E-state index is 12.4. The summed E-state index contributed by atoms with van der Waals surface area (Å²) < 4.78 is 25.2. The SMILES string of the molecule is CN(C)S(=O)(=O)c1ccc(NC(=O)c2cc3cccc(Cl)c3[nH]2)cc1. The Kier molecular flexibility index (Phi) is 4.55. The average Bonchev–Trinajstić information content (AvgIpc) is 3.01. The summed E-state index contributed by atoms with van der Waals surface area (Å²) in [6.07, 6.45) is 0. The van der Waals surface area contributed by atoms with Crippen LogP contribution in [-0.4, -0.2) is 37.7 Å². The van der Waals surface area contributed by atoms with Crippen molar-refractivity contribution in [3.05, 3.63) is 59.2 Å². The number of hydrogen-bond acceptors (Lipinski definition) is 3. The first-order valence-electron chi connectivity index (χ1n) is 7.40. The third-order valence-corrected chi connectivity index (χ3v) is 5.89. The summed E-state index contributed by atoms with van der Waals surface area (Å²) in [6, 6.07) is 13.1. The Bertz CT molecular complexity index is 1040. The number of nitrogens with zero attached hydrogens (tertiary/aromatic N) is 1. The van der Waals surface area contributed by atoms with Gasteiger partial charge in [0.25, 0.3) is 5.91 Å². The zero-order valence-electron chi connectivity index (χ0n) is 13.6. The summed E-state index contributed by atoms with van der Waals surface area (Å²) >= 11 is 6.10. The van der Waals surface area contributed by atoms with E-state index in [0.29, 0.717) is 21.9 Å². The Hall–Kier alpha value is -2.35. The Balaban J connectivity index is 1.82. The van der Waals surface area contributed by atoms with E-state index in [4.69, 9.17) is 11.6 Å². The maximum Gasteiger partial charge on any atom is 0.272 e. The van der Waals surface area contributed by atoms with Crippen LogP contribution in [0.1, 0.15) is 10.5 Å². The molecule has 0 fully saturated rings. The van der Waals surface area contributed by atoms with Crippen LogP contribution in [0.15, 0.2) is 53.4 Å². The van der Waals surface area contributed by atoms with E-state index < -0.39 is 10.0 Å². The summed E-state index contributed by atoms with van der Waals surface area (Å²) in [5, 5.41) is 4.10. The van der Waals surface area contributed by atoms with Crippen molar-refractivity contribution in [1.29, 1.82) is 0 Å². The molecule has 0 bridgehead atoms. The van der Waals surface area contributed by atoms with E-state index in [1.165, 1.54) is 26.2 Å². The van der Waals surface area contributed by atoms with E-state index in [-0.39, 0.29) is 10.8 Å². The van der Waals surface area contributed by atoms with Crippen LogP contribution in [0.4, 0.5) is 5.69 Å². The van der Waals surface area contributed by atoms with Crippen LogP contribution in [0.25, 0.3) is 10.9 Å². The smallest absolute Gasteiger partial charge is 0.272 e. The predicted octanol–water partition coefficient (Wildman–Crippen LogP) is 3.32. The molecule has 0 unspecified atom stereocenters. The molecule has 2 aromatic carbocycles. The first-order valence-corrected chi connectivity index (χ1v) is 9.22. The molecule has 1 aromatic heterocycles. The van der Waals surface area contributed by atoms with Crippen LogP contribution in [0.3, 0.4) is 0 Å². The van der Waals surface area contributed by atoms with Crippen molar-refractivity contribution in [2.75, 3.05) is 19.4 Å². The number of para-hydroxylation sites is 1. The lowest BCUT2D eigenvalue weighted by Gasteiger charge is -2.11. The van der Waals surface area contributed by atoms with Crippen molar-refractivity contribution in [3.63, 3.8) is 0 Å². The van der Waals surface area contributed by atoms with Crippen molar-refractivity contribution in [3.8, 4) is 0 Å². The van der Waals surface area contributed by atoms with E-state index in [1.54, 1.807) is 24.3 Å². The number of carbonyl (C=O) groups is 1. The highest BCUT2D eigenvalue weighted by Crippen LogP contribution is 2.24. The van der Waals surface area contributed by atoms with Gasteiger partial charge in [-0.05, 0) is 36.4 Å². The number of aromatic amines is 1. The standard InChI is InChI=1S/C17H16ClN3O3S/c1-21(2)25(23,24)13-8-6-12(7-9-13)19-17(22)15-10-11-4-3-5-14(18)16(11)20-15/h3-10,20H,1-2H3,(H,19,22). The molecule has 1 amide bonds. The molecule has 0 radical (unpaired) electrons.